The number of likely N-dealkylation sites (N-methyl/N-ethyl adjacent to an activating group) is 1. The molecule has 1 fully saturated rings. The summed E-state index contributed by atoms with van der Waals surface area (Å²) in [6.45, 7) is 10.9. The van der Waals surface area contributed by atoms with Gasteiger partial charge < -0.3 is 24.8 Å². The minimum absolute atomic E-state index is 0.0314. The number of hydrogen-bond donors (Lipinski definition) is 1. The minimum Gasteiger partial charge on any atom is -0.491 e. The van der Waals surface area contributed by atoms with Crippen molar-refractivity contribution in [3.63, 3.8) is 0 Å². The molecule has 1 N–H and O–H groups in total. The van der Waals surface area contributed by atoms with E-state index in [4.69, 9.17) is 4.74 Å². The molecule has 1 atom stereocenters. The lowest BCUT2D eigenvalue weighted by Gasteiger charge is -2.37. The van der Waals surface area contributed by atoms with Crippen molar-refractivity contribution in [2.45, 2.75) is 26.3 Å². The van der Waals surface area contributed by atoms with E-state index >= 15 is 0 Å². The molecule has 0 radical (unpaired) electrons. The minimum atomic E-state index is -0.0415. The van der Waals surface area contributed by atoms with Crippen LogP contribution in [-0.4, -0.2) is 69.8 Å². The molecule has 2 aromatic rings. The Morgan fingerprint density at radius 3 is 2.45 bits per heavy atom. The van der Waals surface area contributed by atoms with Crippen molar-refractivity contribution in [3.8, 4) is 5.75 Å². The van der Waals surface area contributed by atoms with Crippen LogP contribution in [0.1, 0.15) is 29.8 Å². The predicted molar refractivity (Wildman–Crippen MR) is 127 cm³/mol. The molecule has 4 rings (SSSR count). The molecule has 2 aliphatic heterocycles. The van der Waals surface area contributed by atoms with Gasteiger partial charge in [-0.15, -0.1) is 0 Å². The third-order valence-electron chi connectivity index (χ3n) is 6.44. The van der Waals surface area contributed by atoms with E-state index in [0.717, 1.165) is 57.1 Å². The lowest BCUT2D eigenvalue weighted by atomic mass is 9.99. The summed E-state index contributed by atoms with van der Waals surface area (Å²) in [4.78, 5) is 19.9. The number of piperazine rings is 1. The summed E-state index contributed by atoms with van der Waals surface area (Å²) < 4.78 is 6.05. The molecule has 2 heterocycles. The van der Waals surface area contributed by atoms with Gasteiger partial charge >= 0.3 is 0 Å². The van der Waals surface area contributed by atoms with Crippen LogP contribution >= 0.6 is 0 Å². The third kappa shape index (κ3) is 4.79. The lowest BCUT2D eigenvalue weighted by molar-refractivity contribution is 0.0915. The first-order chi connectivity index (χ1) is 15.1. The third-order valence-corrected chi connectivity index (χ3v) is 6.44. The Morgan fingerprint density at radius 2 is 1.77 bits per heavy atom. The van der Waals surface area contributed by atoms with Crippen LogP contribution in [0.4, 0.5) is 11.4 Å². The number of carbonyl (C=O) groups excluding carboxylic acids is 1. The van der Waals surface area contributed by atoms with Gasteiger partial charge in [0.1, 0.15) is 12.4 Å². The highest BCUT2D eigenvalue weighted by molar-refractivity contribution is 5.94. The van der Waals surface area contributed by atoms with Crippen molar-refractivity contribution in [2.75, 3.05) is 62.7 Å². The number of nitrogens with one attached hydrogen (secondary N) is 1. The zero-order chi connectivity index (χ0) is 21.8. The number of ether oxygens (including phenoxy) is 1. The van der Waals surface area contributed by atoms with Gasteiger partial charge in [-0.25, -0.2) is 0 Å². The van der Waals surface area contributed by atoms with Crippen molar-refractivity contribution in [1.82, 2.24) is 10.2 Å². The fourth-order valence-corrected chi connectivity index (χ4v) is 4.51. The van der Waals surface area contributed by atoms with E-state index in [2.05, 4.69) is 53.0 Å². The van der Waals surface area contributed by atoms with Crippen LogP contribution in [0.2, 0.25) is 0 Å². The number of benzene rings is 2. The quantitative estimate of drug-likeness (QED) is 0.776. The maximum absolute atomic E-state index is 12.9. The topological polar surface area (TPSA) is 48.1 Å². The molecule has 1 amide bonds. The van der Waals surface area contributed by atoms with Crippen LogP contribution < -0.4 is 19.9 Å². The first-order valence-corrected chi connectivity index (χ1v) is 11.4. The molecular formula is C25H34N4O2. The largest absolute Gasteiger partial charge is 0.491 e. The first-order valence-electron chi connectivity index (χ1n) is 11.4. The molecular weight excluding hydrogens is 388 g/mol. The SMILES string of the molecule is CCN(CC)c1ccc(C(=O)NC2COc3cccc(N4CCN(C)CC4)c3C2)cc1. The molecule has 0 aliphatic carbocycles. The molecule has 6 heteroatoms. The number of anilines is 2. The van der Waals surface area contributed by atoms with Crippen molar-refractivity contribution in [3.05, 3.63) is 53.6 Å². The molecule has 166 valence electrons. The Bertz CT molecular complexity index is 887. The molecule has 0 saturated carbocycles. The van der Waals surface area contributed by atoms with Gasteiger partial charge in [0, 0.05) is 68.2 Å². The summed E-state index contributed by atoms with van der Waals surface area (Å²) in [5, 5.41) is 3.19. The lowest BCUT2D eigenvalue weighted by Crippen LogP contribution is -2.46. The maximum atomic E-state index is 12.9. The Hall–Kier alpha value is -2.73. The summed E-state index contributed by atoms with van der Waals surface area (Å²) in [7, 11) is 2.17. The second kappa shape index (κ2) is 9.60. The molecule has 31 heavy (non-hydrogen) atoms. The van der Waals surface area contributed by atoms with Gasteiger partial charge in [0.05, 0.1) is 6.04 Å². The van der Waals surface area contributed by atoms with Crippen LogP contribution in [-0.2, 0) is 6.42 Å². The van der Waals surface area contributed by atoms with Gasteiger partial charge in [-0.2, -0.15) is 0 Å². The average molecular weight is 423 g/mol. The molecule has 6 nitrogen and oxygen atoms in total. The fourth-order valence-electron chi connectivity index (χ4n) is 4.51. The average Bonchev–Trinajstić information content (AvgIpc) is 2.80. The molecule has 1 unspecified atom stereocenters. The monoisotopic (exact) mass is 422 g/mol. The van der Waals surface area contributed by atoms with Crippen LogP contribution in [0.25, 0.3) is 0 Å². The van der Waals surface area contributed by atoms with E-state index in [1.54, 1.807) is 0 Å². The zero-order valence-corrected chi connectivity index (χ0v) is 18.9. The second-order valence-electron chi connectivity index (χ2n) is 8.45. The number of fused-ring (bicyclic) bond motifs is 1. The Balaban J connectivity index is 1.43. The standard InChI is InChI=1S/C25H34N4O2/c1-4-28(5-2)21-11-9-19(10-12-21)25(30)26-20-17-22-23(7-6-8-24(22)31-18-20)29-15-13-27(3)14-16-29/h6-12,20H,4-5,13-18H2,1-3H3,(H,26,30). The van der Waals surface area contributed by atoms with E-state index in [0.29, 0.717) is 12.2 Å². The van der Waals surface area contributed by atoms with E-state index in [1.165, 1.54) is 11.3 Å². The highest BCUT2D eigenvalue weighted by atomic mass is 16.5. The van der Waals surface area contributed by atoms with Gasteiger partial charge in [0.15, 0.2) is 0 Å². The van der Waals surface area contributed by atoms with Crippen molar-refractivity contribution >= 4 is 17.3 Å². The second-order valence-corrected chi connectivity index (χ2v) is 8.45. The number of nitrogens with zero attached hydrogens (tertiary/aromatic N) is 3. The van der Waals surface area contributed by atoms with E-state index in [-0.39, 0.29) is 11.9 Å². The fraction of sp³-hybridized carbons (Fsp3) is 0.480. The summed E-state index contributed by atoms with van der Waals surface area (Å²) in [6.07, 6.45) is 0.793. The summed E-state index contributed by atoms with van der Waals surface area (Å²) in [6, 6.07) is 14.1. The van der Waals surface area contributed by atoms with Crippen LogP contribution in [0, 0.1) is 0 Å². The first kappa shape index (κ1) is 21.5. The summed E-state index contributed by atoms with van der Waals surface area (Å²) in [5.41, 5.74) is 4.29. The number of rotatable bonds is 6. The van der Waals surface area contributed by atoms with Crippen molar-refractivity contribution in [2.24, 2.45) is 0 Å². The Morgan fingerprint density at radius 1 is 1.06 bits per heavy atom. The van der Waals surface area contributed by atoms with Gasteiger partial charge in [-0.05, 0) is 57.3 Å². The van der Waals surface area contributed by atoms with Crippen LogP contribution in [0.15, 0.2) is 42.5 Å². The van der Waals surface area contributed by atoms with Gasteiger partial charge in [0.2, 0.25) is 0 Å². The maximum Gasteiger partial charge on any atom is 0.251 e. The summed E-state index contributed by atoms with van der Waals surface area (Å²) in [5.74, 6) is 0.908. The van der Waals surface area contributed by atoms with Gasteiger partial charge in [-0.1, -0.05) is 6.07 Å². The van der Waals surface area contributed by atoms with Crippen molar-refractivity contribution in [1.29, 1.82) is 0 Å². The molecule has 0 spiro atoms. The van der Waals surface area contributed by atoms with E-state index in [1.807, 2.05) is 30.3 Å². The summed E-state index contributed by atoms with van der Waals surface area (Å²) >= 11 is 0. The van der Waals surface area contributed by atoms with Crippen LogP contribution in [0.5, 0.6) is 5.75 Å². The van der Waals surface area contributed by atoms with E-state index in [9.17, 15) is 4.79 Å². The highest BCUT2D eigenvalue weighted by Crippen LogP contribution is 2.34. The molecule has 0 bridgehead atoms. The smallest absolute Gasteiger partial charge is 0.251 e. The van der Waals surface area contributed by atoms with Gasteiger partial charge in [-0.3, -0.25) is 4.79 Å². The highest BCUT2D eigenvalue weighted by Gasteiger charge is 2.26. The van der Waals surface area contributed by atoms with Gasteiger partial charge in [0.25, 0.3) is 5.91 Å². The molecule has 0 aromatic heterocycles. The Labute approximate surface area is 185 Å². The Kier molecular flexibility index (Phi) is 6.66. The number of carbonyl (C=O) groups is 1. The van der Waals surface area contributed by atoms with E-state index < -0.39 is 0 Å². The molecule has 2 aromatic carbocycles. The normalized spacial score (nSPS) is 18.8. The van der Waals surface area contributed by atoms with Crippen LogP contribution in [0.3, 0.4) is 0 Å². The molecule has 1 saturated heterocycles. The predicted octanol–water partition coefficient (Wildman–Crippen LogP) is 3.02. The zero-order valence-electron chi connectivity index (χ0n) is 18.9. The number of amides is 1. The molecule has 2 aliphatic rings. The van der Waals surface area contributed by atoms with Crippen molar-refractivity contribution < 1.29 is 9.53 Å². The number of hydrogen-bond acceptors (Lipinski definition) is 5.